The molecular weight excluding hydrogens is 244 g/mol. The van der Waals surface area contributed by atoms with Crippen LogP contribution in [0.2, 0.25) is 0 Å². The quantitative estimate of drug-likeness (QED) is 0.314. The van der Waals surface area contributed by atoms with Gasteiger partial charge in [-0.05, 0) is 45.4 Å². The van der Waals surface area contributed by atoms with E-state index in [9.17, 15) is 0 Å². The standard InChI is InChI=1S/C19H32O/c1-4-6-7-8-9-10-11-12-13-14-15-16-17-18-20-19(3)5-2/h6-7,9-10,12-13,15-16,19H,4-5,8,11,14,17-18H2,1-3H3/b7-6-,10-9-,13-12-,16-15-. The van der Waals surface area contributed by atoms with Gasteiger partial charge in [0.15, 0.2) is 0 Å². The Bertz CT molecular complexity index is 297. The van der Waals surface area contributed by atoms with Gasteiger partial charge >= 0.3 is 0 Å². The van der Waals surface area contributed by atoms with Crippen LogP contribution in [0.1, 0.15) is 59.3 Å². The van der Waals surface area contributed by atoms with Gasteiger partial charge in [0.25, 0.3) is 0 Å². The van der Waals surface area contributed by atoms with Crippen molar-refractivity contribution in [3.05, 3.63) is 48.6 Å². The number of allylic oxidation sites excluding steroid dienone is 7. The van der Waals surface area contributed by atoms with Crippen LogP contribution < -0.4 is 0 Å². The van der Waals surface area contributed by atoms with Crippen LogP contribution in [-0.2, 0) is 4.74 Å². The summed E-state index contributed by atoms with van der Waals surface area (Å²) in [6, 6.07) is 0. The van der Waals surface area contributed by atoms with E-state index in [0.29, 0.717) is 6.10 Å². The maximum atomic E-state index is 5.61. The molecule has 1 atom stereocenters. The molecule has 1 unspecified atom stereocenters. The van der Waals surface area contributed by atoms with E-state index in [1.165, 1.54) is 0 Å². The Labute approximate surface area is 126 Å². The largest absolute Gasteiger partial charge is 0.378 e. The SMILES string of the molecule is CC/C=C\C/C=C\C/C=C\C/C=C\CCOC(C)CC. The summed E-state index contributed by atoms with van der Waals surface area (Å²) in [5.74, 6) is 0. The Morgan fingerprint density at radius 3 is 1.75 bits per heavy atom. The molecule has 0 aromatic heterocycles. The van der Waals surface area contributed by atoms with Crippen molar-refractivity contribution >= 4 is 0 Å². The van der Waals surface area contributed by atoms with Crippen molar-refractivity contribution in [3.8, 4) is 0 Å². The molecule has 0 bridgehead atoms. The molecule has 114 valence electrons. The first-order valence-corrected chi connectivity index (χ1v) is 8.02. The van der Waals surface area contributed by atoms with Crippen LogP contribution >= 0.6 is 0 Å². The molecule has 0 N–H and O–H groups in total. The van der Waals surface area contributed by atoms with Crippen molar-refractivity contribution < 1.29 is 4.74 Å². The highest BCUT2D eigenvalue weighted by atomic mass is 16.5. The molecule has 0 rings (SSSR count). The van der Waals surface area contributed by atoms with Crippen LogP contribution in [-0.4, -0.2) is 12.7 Å². The van der Waals surface area contributed by atoms with Crippen LogP contribution in [0.5, 0.6) is 0 Å². The van der Waals surface area contributed by atoms with Gasteiger partial charge in [0.2, 0.25) is 0 Å². The molecule has 0 aliphatic rings. The van der Waals surface area contributed by atoms with E-state index in [4.69, 9.17) is 4.74 Å². The van der Waals surface area contributed by atoms with Gasteiger partial charge in [-0.25, -0.2) is 0 Å². The molecule has 0 aliphatic carbocycles. The maximum absolute atomic E-state index is 5.61. The minimum atomic E-state index is 0.391. The summed E-state index contributed by atoms with van der Waals surface area (Å²) in [6.07, 6.45) is 24.5. The van der Waals surface area contributed by atoms with E-state index in [1.54, 1.807) is 0 Å². The van der Waals surface area contributed by atoms with Gasteiger partial charge in [-0.3, -0.25) is 0 Å². The molecule has 0 radical (unpaired) electrons. The average Bonchev–Trinajstić information content (AvgIpc) is 2.47. The Kier molecular flexibility index (Phi) is 15.1. The lowest BCUT2D eigenvalue weighted by atomic mass is 10.2. The molecule has 0 saturated heterocycles. The highest BCUT2D eigenvalue weighted by Crippen LogP contribution is 1.98. The highest BCUT2D eigenvalue weighted by molar-refractivity contribution is 4.99. The lowest BCUT2D eigenvalue weighted by molar-refractivity contribution is 0.0671. The summed E-state index contributed by atoms with van der Waals surface area (Å²) >= 11 is 0. The lowest BCUT2D eigenvalue weighted by Crippen LogP contribution is -2.06. The first kappa shape index (κ1) is 18.9. The van der Waals surface area contributed by atoms with Crippen LogP contribution in [0.3, 0.4) is 0 Å². The minimum Gasteiger partial charge on any atom is -0.378 e. The molecule has 0 heterocycles. The maximum Gasteiger partial charge on any atom is 0.0544 e. The zero-order chi connectivity index (χ0) is 14.9. The third kappa shape index (κ3) is 15.0. The molecule has 0 fully saturated rings. The van der Waals surface area contributed by atoms with Crippen molar-refractivity contribution in [2.45, 2.75) is 65.4 Å². The zero-order valence-corrected chi connectivity index (χ0v) is 13.6. The third-order valence-corrected chi connectivity index (χ3v) is 2.98. The van der Waals surface area contributed by atoms with Gasteiger partial charge in [-0.2, -0.15) is 0 Å². The molecule has 0 amide bonds. The summed E-state index contributed by atoms with van der Waals surface area (Å²) in [7, 11) is 0. The van der Waals surface area contributed by atoms with E-state index in [1.807, 2.05) is 0 Å². The van der Waals surface area contributed by atoms with Crippen molar-refractivity contribution in [2.75, 3.05) is 6.61 Å². The van der Waals surface area contributed by atoms with Crippen molar-refractivity contribution in [3.63, 3.8) is 0 Å². The molecule has 20 heavy (non-hydrogen) atoms. The summed E-state index contributed by atoms with van der Waals surface area (Å²) in [5.41, 5.74) is 0. The second kappa shape index (κ2) is 16.0. The number of ether oxygens (including phenoxy) is 1. The second-order valence-corrected chi connectivity index (χ2v) is 4.88. The zero-order valence-electron chi connectivity index (χ0n) is 13.6. The Morgan fingerprint density at radius 1 is 0.750 bits per heavy atom. The lowest BCUT2D eigenvalue weighted by Gasteiger charge is -2.08. The van der Waals surface area contributed by atoms with Crippen molar-refractivity contribution in [2.24, 2.45) is 0 Å². The van der Waals surface area contributed by atoms with Crippen LogP contribution in [0, 0.1) is 0 Å². The van der Waals surface area contributed by atoms with Gasteiger partial charge in [0, 0.05) is 0 Å². The molecule has 0 aromatic rings. The number of rotatable bonds is 12. The molecule has 1 heteroatoms. The molecular formula is C19H32O. The number of hydrogen-bond acceptors (Lipinski definition) is 1. The van der Waals surface area contributed by atoms with E-state index >= 15 is 0 Å². The van der Waals surface area contributed by atoms with Gasteiger partial charge < -0.3 is 4.74 Å². The smallest absolute Gasteiger partial charge is 0.0544 e. The second-order valence-electron chi connectivity index (χ2n) is 4.88. The van der Waals surface area contributed by atoms with E-state index in [0.717, 1.165) is 45.1 Å². The Hall–Kier alpha value is -1.08. The van der Waals surface area contributed by atoms with Crippen LogP contribution in [0.4, 0.5) is 0 Å². The van der Waals surface area contributed by atoms with Gasteiger partial charge in [-0.1, -0.05) is 62.5 Å². The first-order chi connectivity index (χ1) is 9.81. The highest BCUT2D eigenvalue weighted by Gasteiger charge is 1.94. The van der Waals surface area contributed by atoms with Gasteiger partial charge in [0.1, 0.15) is 0 Å². The fourth-order valence-electron chi connectivity index (χ4n) is 1.55. The summed E-state index contributed by atoms with van der Waals surface area (Å²) in [6.45, 7) is 7.27. The molecule has 1 nitrogen and oxygen atoms in total. The fraction of sp³-hybridized carbons (Fsp3) is 0.579. The van der Waals surface area contributed by atoms with E-state index in [2.05, 4.69) is 69.4 Å². The molecule has 0 spiro atoms. The molecule has 0 aromatic carbocycles. The van der Waals surface area contributed by atoms with E-state index in [-0.39, 0.29) is 0 Å². The monoisotopic (exact) mass is 276 g/mol. The summed E-state index contributed by atoms with van der Waals surface area (Å²) in [5, 5.41) is 0. The van der Waals surface area contributed by atoms with Crippen molar-refractivity contribution in [1.82, 2.24) is 0 Å². The van der Waals surface area contributed by atoms with Crippen molar-refractivity contribution in [1.29, 1.82) is 0 Å². The Balaban J connectivity index is 3.40. The predicted molar refractivity (Wildman–Crippen MR) is 91.0 cm³/mol. The molecule has 0 saturated carbocycles. The van der Waals surface area contributed by atoms with Crippen LogP contribution in [0.25, 0.3) is 0 Å². The number of hydrogen-bond donors (Lipinski definition) is 0. The van der Waals surface area contributed by atoms with Gasteiger partial charge in [-0.15, -0.1) is 0 Å². The minimum absolute atomic E-state index is 0.391. The van der Waals surface area contributed by atoms with E-state index < -0.39 is 0 Å². The predicted octanol–water partition coefficient (Wildman–Crippen LogP) is 6.00. The topological polar surface area (TPSA) is 9.23 Å². The summed E-state index contributed by atoms with van der Waals surface area (Å²) < 4.78 is 5.61. The fourth-order valence-corrected chi connectivity index (χ4v) is 1.55. The molecule has 0 aliphatic heterocycles. The summed E-state index contributed by atoms with van der Waals surface area (Å²) in [4.78, 5) is 0. The average molecular weight is 276 g/mol. The third-order valence-electron chi connectivity index (χ3n) is 2.98. The van der Waals surface area contributed by atoms with Gasteiger partial charge in [0.05, 0.1) is 12.7 Å². The normalized spacial score (nSPS) is 14.3. The first-order valence-electron chi connectivity index (χ1n) is 8.02. The Morgan fingerprint density at radius 2 is 1.25 bits per heavy atom. The van der Waals surface area contributed by atoms with Crippen LogP contribution in [0.15, 0.2) is 48.6 Å².